The number of pyridine rings is 1. The smallest absolute Gasteiger partial charge is 0.350 e. The Kier molecular flexibility index (Phi) is 4.90. The van der Waals surface area contributed by atoms with Gasteiger partial charge in [-0.2, -0.15) is 13.2 Å². The number of para-hydroxylation sites is 1. The average molecular weight is 415 g/mol. The molecule has 0 bridgehead atoms. The highest BCUT2D eigenvalue weighted by molar-refractivity contribution is 6.01. The first kappa shape index (κ1) is 19.8. The van der Waals surface area contributed by atoms with E-state index in [2.05, 4.69) is 20.3 Å². The topological polar surface area (TPSA) is 83.8 Å². The van der Waals surface area contributed by atoms with Gasteiger partial charge in [0.05, 0.1) is 17.6 Å². The number of hydrogen-bond acceptors (Lipinski definition) is 5. The normalized spacial score (nSPS) is 18.7. The number of carbonyl (C=O) groups is 1. The van der Waals surface area contributed by atoms with E-state index in [0.717, 1.165) is 10.9 Å². The highest BCUT2D eigenvalue weighted by Crippen LogP contribution is 2.38. The number of amides is 1. The molecule has 1 atom stereocenters. The van der Waals surface area contributed by atoms with Crippen LogP contribution < -0.4 is 5.32 Å². The van der Waals surface area contributed by atoms with Gasteiger partial charge in [-0.1, -0.05) is 53.7 Å². The van der Waals surface area contributed by atoms with Gasteiger partial charge in [0.15, 0.2) is 0 Å². The van der Waals surface area contributed by atoms with Crippen molar-refractivity contribution >= 4 is 22.5 Å². The molecule has 1 amide bonds. The zero-order valence-corrected chi connectivity index (χ0v) is 15.5. The van der Waals surface area contributed by atoms with Gasteiger partial charge in [0.2, 0.25) is 0 Å². The Bertz CT molecular complexity index is 1130. The van der Waals surface area contributed by atoms with Gasteiger partial charge in [0.1, 0.15) is 5.69 Å². The van der Waals surface area contributed by atoms with Crippen LogP contribution in [-0.2, 0) is 11.4 Å². The van der Waals surface area contributed by atoms with Crippen LogP contribution >= 0.6 is 0 Å². The van der Waals surface area contributed by atoms with Crippen molar-refractivity contribution < 1.29 is 27.9 Å². The number of benzene rings is 2. The van der Waals surface area contributed by atoms with Crippen molar-refractivity contribution in [2.45, 2.75) is 24.9 Å². The van der Waals surface area contributed by atoms with Crippen LogP contribution in [0.25, 0.3) is 10.9 Å². The zero-order valence-electron chi connectivity index (χ0n) is 15.5. The number of fused-ring (bicyclic) bond motifs is 1. The predicted molar refractivity (Wildman–Crippen MR) is 103 cm³/mol. The fraction of sp³-hybridized carbons (Fsp3) is 0.190. The van der Waals surface area contributed by atoms with Crippen molar-refractivity contribution in [3.8, 4) is 0 Å². The minimum absolute atomic E-state index is 0.00854. The Balaban J connectivity index is 1.38. The van der Waals surface area contributed by atoms with Crippen molar-refractivity contribution in [2.75, 3.05) is 0 Å². The molecule has 0 saturated heterocycles. The van der Waals surface area contributed by atoms with Gasteiger partial charge in [-0.05, 0) is 23.3 Å². The first-order valence-corrected chi connectivity index (χ1v) is 9.03. The second-order valence-corrected chi connectivity index (χ2v) is 6.86. The molecule has 4 rings (SSSR count). The second kappa shape index (κ2) is 7.42. The van der Waals surface area contributed by atoms with E-state index in [1.165, 1.54) is 0 Å². The molecule has 0 fully saturated rings. The Hall–Kier alpha value is -3.46. The summed E-state index contributed by atoms with van der Waals surface area (Å²) >= 11 is 0. The summed E-state index contributed by atoms with van der Waals surface area (Å²) in [4.78, 5) is 20.9. The number of aliphatic hydroxyl groups is 1. The minimum Gasteiger partial charge on any atom is -0.350 e. The zero-order chi connectivity index (χ0) is 21.4. The van der Waals surface area contributed by atoms with E-state index < -0.39 is 18.4 Å². The number of alkyl halides is 3. The lowest BCUT2D eigenvalue weighted by Crippen LogP contribution is -2.45. The molecule has 2 N–H and O–H groups in total. The van der Waals surface area contributed by atoms with Crippen molar-refractivity contribution in [1.82, 2.24) is 10.3 Å². The van der Waals surface area contributed by atoms with Crippen molar-refractivity contribution in [2.24, 2.45) is 5.16 Å². The molecule has 30 heavy (non-hydrogen) atoms. The number of oxime groups is 1. The molecule has 0 aliphatic carbocycles. The fourth-order valence-electron chi connectivity index (χ4n) is 3.01. The van der Waals surface area contributed by atoms with Crippen molar-refractivity contribution in [3.05, 3.63) is 77.5 Å². The highest BCUT2D eigenvalue weighted by Gasteiger charge is 2.60. The molecular weight excluding hydrogens is 399 g/mol. The molecule has 1 aromatic heterocycles. The summed E-state index contributed by atoms with van der Waals surface area (Å²) < 4.78 is 38.4. The number of carbonyl (C=O) groups excluding carboxylic acids is 1. The van der Waals surface area contributed by atoms with Gasteiger partial charge >= 0.3 is 12.0 Å². The molecule has 0 spiro atoms. The average Bonchev–Trinajstić information content (AvgIpc) is 3.15. The summed E-state index contributed by atoms with van der Waals surface area (Å²) in [5, 5.41) is 16.6. The van der Waals surface area contributed by atoms with Crippen LogP contribution in [0.2, 0.25) is 0 Å². The maximum Gasteiger partial charge on any atom is 0.458 e. The van der Waals surface area contributed by atoms with E-state index in [1.54, 1.807) is 30.3 Å². The first-order valence-electron chi connectivity index (χ1n) is 9.03. The fourth-order valence-corrected chi connectivity index (χ4v) is 3.01. The lowest BCUT2D eigenvalue weighted by atomic mass is 10.0. The standard InChI is InChI=1S/C21H16F3N3O3/c22-21(23,24)20(29)11-18(27-30-20)15-7-5-13(6-8-15)12-25-19(28)17-10-9-14-3-1-2-4-16(14)26-17/h1-10,29H,11-12H2,(H,25,28). The molecule has 0 radical (unpaired) electrons. The summed E-state index contributed by atoms with van der Waals surface area (Å²) in [6.45, 7) is 0.211. The Labute approximate surface area is 169 Å². The summed E-state index contributed by atoms with van der Waals surface area (Å²) in [6, 6.07) is 17.3. The third kappa shape index (κ3) is 3.84. The van der Waals surface area contributed by atoms with E-state index in [4.69, 9.17) is 0 Å². The van der Waals surface area contributed by atoms with Crippen LogP contribution in [0.15, 0.2) is 65.8 Å². The van der Waals surface area contributed by atoms with Crippen LogP contribution in [0.1, 0.15) is 28.0 Å². The Morgan fingerprint density at radius 3 is 2.53 bits per heavy atom. The van der Waals surface area contributed by atoms with E-state index in [0.29, 0.717) is 11.1 Å². The minimum atomic E-state index is -4.95. The van der Waals surface area contributed by atoms with E-state index in [1.807, 2.05) is 30.3 Å². The van der Waals surface area contributed by atoms with E-state index in [9.17, 15) is 23.1 Å². The molecule has 1 unspecified atom stereocenters. The number of aromatic nitrogens is 1. The lowest BCUT2D eigenvalue weighted by molar-refractivity contribution is -0.355. The first-order chi connectivity index (χ1) is 14.2. The van der Waals surface area contributed by atoms with Gasteiger partial charge < -0.3 is 15.3 Å². The summed E-state index contributed by atoms with van der Waals surface area (Å²) in [6.07, 6.45) is -5.74. The summed E-state index contributed by atoms with van der Waals surface area (Å²) in [5.74, 6) is -3.64. The molecule has 2 heterocycles. The number of halogens is 3. The molecule has 3 aromatic rings. The van der Waals surface area contributed by atoms with Crippen molar-refractivity contribution in [1.29, 1.82) is 0 Å². The highest BCUT2D eigenvalue weighted by atomic mass is 19.4. The maximum atomic E-state index is 12.8. The van der Waals surface area contributed by atoms with E-state index >= 15 is 0 Å². The molecule has 1 aliphatic rings. The molecular formula is C21H16F3N3O3. The van der Waals surface area contributed by atoms with Crippen LogP contribution in [0.5, 0.6) is 0 Å². The molecule has 1 aliphatic heterocycles. The second-order valence-electron chi connectivity index (χ2n) is 6.86. The molecule has 6 nitrogen and oxygen atoms in total. The maximum absolute atomic E-state index is 12.8. The Morgan fingerprint density at radius 1 is 1.10 bits per heavy atom. The van der Waals surface area contributed by atoms with Gasteiger partial charge in [-0.15, -0.1) is 0 Å². The molecule has 2 aromatic carbocycles. The van der Waals surface area contributed by atoms with Crippen LogP contribution in [0, 0.1) is 0 Å². The van der Waals surface area contributed by atoms with Gasteiger partial charge in [0.25, 0.3) is 5.91 Å². The quantitative estimate of drug-likeness (QED) is 0.683. The third-order valence-electron chi connectivity index (χ3n) is 4.73. The largest absolute Gasteiger partial charge is 0.458 e. The molecule has 9 heteroatoms. The van der Waals surface area contributed by atoms with Crippen LogP contribution in [0.4, 0.5) is 13.2 Å². The number of hydrogen-bond donors (Lipinski definition) is 2. The van der Waals surface area contributed by atoms with Crippen LogP contribution in [0.3, 0.4) is 0 Å². The van der Waals surface area contributed by atoms with Gasteiger partial charge in [-0.25, -0.2) is 4.98 Å². The van der Waals surface area contributed by atoms with Crippen molar-refractivity contribution in [3.63, 3.8) is 0 Å². The van der Waals surface area contributed by atoms with E-state index in [-0.39, 0.29) is 23.9 Å². The summed E-state index contributed by atoms with van der Waals surface area (Å²) in [7, 11) is 0. The number of nitrogens with zero attached hydrogens (tertiary/aromatic N) is 2. The number of rotatable bonds is 4. The third-order valence-corrected chi connectivity index (χ3v) is 4.73. The van der Waals surface area contributed by atoms with Crippen LogP contribution in [-0.4, -0.2) is 33.7 Å². The lowest BCUT2D eigenvalue weighted by Gasteiger charge is -2.22. The summed E-state index contributed by atoms with van der Waals surface area (Å²) in [5.41, 5.74) is 2.12. The number of nitrogens with one attached hydrogen (secondary N) is 1. The SMILES string of the molecule is O=C(NCc1ccc(C2=NOC(O)(C(F)(F)F)C2)cc1)c1ccc2ccccc2n1. The molecule has 0 saturated carbocycles. The van der Waals surface area contributed by atoms with Gasteiger partial charge in [0, 0.05) is 11.9 Å². The monoisotopic (exact) mass is 415 g/mol. The van der Waals surface area contributed by atoms with Gasteiger partial charge in [-0.3, -0.25) is 4.79 Å². The predicted octanol–water partition coefficient (Wildman–Crippen LogP) is 3.54. The molecule has 154 valence electrons. The Morgan fingerprint density at radius 2 is 1.83 bits per heavy atom.